The van der Waals surface area contributed by atoms with E-state index in [2.05, 4.69) is 15.3 Å². The SMILES string of the molecule is Cc1cc(=O)[nH]c(S[C@@H](C)C(=O)Nc2cc(C(F)(F)F)ccc2Cl)n1. The van der Waals surface area contributed by atoms with Gasteiger partial charge in [0.15, 0.2) is 5.16 Å². The zero-order valence-electron chi connectivity index (χ0n) is 13.1. The van der Waals surface area contributed by atoms with E-state index in [-0.39, 0.29) is 21.4 Å². The summed E-state index contributed by atoms with van der Waals surface area (Å²) in [4.78, 5) is 30.2. The number of H-pyrrole nitrogens is 1. The van der Waals surface area contributed by atoms with Crippen LogP contribution in [-0.2, 0) is 11.0 Å². The molecule has 1 heterocycles. The molecule has 25 heavy (non-hydrogen) atoms. The van der Waals surface area contributed by atoms with Crippen molar-refractivity contribution in [2.24, 2.45) is 0 Å². The third-order valence-corrected chi connectivity index (χ3v) is 4.37. The number of aromatic nitrogens is 2. The summed E-state index contributed by atoms with van der Waals surface area (Å²) in [5.41, 5.74) is -0.930. The number of carbonyl (C=O) groups is 1. The molecule has 0 aliphatic carbocycles. The van der Waals surface area contributed by atoms with E-state index in [1.54, 1.807) is 6.92 Å². The lowest BCUT2D eigenvalue weighted by atomic mass is 10.2. The molecule has 1 aromatic heterocycles. The fourth-order valence-corrected chi connectivity index (χ4v) is 2.88. The minimum Gasteiger partial charge on any atom is -0.324 e. The quantitative estimate of drug-likeness (QED) is 0.613. The molecule has 0 spiro atoms. The summed E-state index contributed by atoms with van der Waals surface area (Å²) < 4.78 is 38.3. The Morgan fingerprint density at radius 3 is 2.64 bits per heavy atom. The number of anilines is 1. The van der Waals surface area contributed by atoms with Gasteiger partial charge >= 0.3 is 6.18 Å². The summed E-state index contributed by atoms with van der Waals surface area (Å²) >= 11 is 6.82. The van der Waals surface area contributed by atoms with Crippen LogP contribution in [0.2, 0.25) is 5.02 Å². The molecule has 5 nitrogen and oxygen atoms in total. The van der Waals surface area contributed by atoms with Gasteiger partial charge in [0.2, 0.25) is 5.91 Å². The molecule has 0 aliphatic heterocycles. The molecule has 2 rings (SSSR count). The van der Waals surface area contributed by atoms with E-state index in [9.17, 15) is 22.8 Å². The zero-order chi connectivity index (χ0) is 18.8. The summed E-state index contributed by atoms with van der Waals surface area (Å²) in [6, 6.07) is 3.97. The van der Waals surface area contributed by atoms with Crippen molar-refractivity contribution in [2.45, 2.75) is 30.4 Å². The summed E-state index contributed by atoms with van der Waals surface area (Å²) in [6.07, 6.45) is -4.55. The number of aryl methyl sites for hydroxylation is 1. The first-order chi connectivity index (χ1) is 11.6. The molecule has 0 unspecified atom stereocenters. The first-order valence-electron chi connectivity index (χ1n) is 6.98. The molecule has 0 saturated heterocycles. The van der Waals surface area contributed by atoms with Crippen LogP contribution in [0.3, 0.4) is 0 Å². The Labute approximate surface area is 150 Å². The maximum absolute atomic E-state index is 12.8. The Hall–Kier alpha value is -2.00. The van der Waals surface area contributed by atoms with Crippen LogP contribution in [0, 0.1) is 6.92 Å². The summed E-state index contributed by atoms with van der Waals surface area (Å²) in [5.74, 6) is -0.574. The van der Waals surface area contributed by atoms with Gasteiger partial charge in [-0.05, 0) is 32.0 Å². The minimum atomic E-state index is -4.55. The molecule has 0 radical (unpaired) electrons. The van der Waals surface area contributed by atoms with Gasteiger partial charge in [-0.3, -0.25) is 9.59 Å². The number of thioether (sulfide) groups is 1. The van der Waals surface area contributed by atoms with Crippen LogP contribution < -0.4 is 10.9 Å². The largest absolute Gasteiger partial charge is 0.416 e. The van der Waals surface area contributed by atoms with Crippen molar-refractivity contribution in [2.75, 3.05) is 5.32 Å². The fraction of sp³-hybridized carbons (Fsp3) is 0.267. The van der Waals surface area contributed by atoms with Gasteiger partial charge in [0.05, 0.1) is 21.5 Å². The van der Waals surface area contributed by atoms with Gasteiger partial charge in [-0.15, -0.1) is 0 Å². The van der Waals surface area contributed by atoms with Crippen LogP contribution in [0.1, 0.15) is 18.2 Å². The number of nitrogens with one attached hydrogen (secondary N) is 2. The van der Waals surface area contributed by atoms with Crippen LogP contribution in [-0.4, -0.2) is 21.1 Å². The molecular formula is C15H13ClF3N3O2S. The summed E-state index contributed by atoms with van der Waals surface area (Å²) in [5, 5.41) is 1.86. The Bertz CT molecular complexity index is 855. The van der Waals surface area contributed by atoms with Crippen molar-refractivity contribution >= 4 is 35.0 Å². The third kappa shape index (κ3) is 5.23. The molecule has 1 aromatic carbocycles. The number of benzene rings is 1. The van der Waals surface area contributed by atoms with Crippen LogP contribution in [0.25, 0.3) is 0 Å². The van der Waals surface area contributed by atoms with Crippen LogP contribution in [0.15, 0.2) is 34.2 Å². The number of nitrogens with zero attached hydrogens (tertiary/aromatic N) is 1. The Morgan fingerprint density at radius 2 is 2.04 bits per heavy atom. The number of hydrogen-bond acceptors (Lipinski definition) is 4. The smallest absolute Gasteiger partial charge is 0.324 e. The highest BCUT2D eigenvalue weighted by Crippen LogP contribution is 2.34. The second-order valence-corrected chi connectivity index (χ2v) is 6.87. The second kappa shape index (κ2) is 7.49. The Morgan fingerprint density at radius 1 is 1.36 bits per heavy atom. The molecule has 0 bridgehead atoms. The molecule has 10 heteroatoms. The first kappa shape index (κ1) is 19.3. The van der Waals surface area contributed by atoms with Crippen LogP contribution in [0.5, 0.6) is 0 Å². The molecule has 1 amide bonds. The number of hydrogen-bond donors (Lipinski definition) is 2. The van der Waals surface area contributed by atoms with E-state index >= 15 is 0 Å². The van der Waals surface area contributed by atoms with E-state index in [0.29, 0.717) is 5.69 Å². The van der Waals surface area contributed by atoms with Gasteiger partial charge in [0.1, 0.15) is 0 Å². The van der Waals surface area contributed by atoms with Crippen molar-refractivity contribution in [3.8, 4) is 0 Å². The number of rotatable bonds is 4. The predicted molar refractivity (Wildman–Crippen MR) is 90.0 cm³/mol. The van der Waals surface area contributed by atoms with Gasteiger partial charge in [-0.1, -0.05) is 23.4 Å². The monoisotopic (exact) mass is 391 g/mol. The highest BCUT2D eigenvalue weighted by atomic mass is 35.5. The minimum absolute atomic E-state index is 0.0133. The molecule has 0 fully saturated rings. The average molecular weight is 392 g/mol. The molecule has 134 valence electrons. The maximum atomic E-state index is 12.8. The van der Waals surface area contributed by atoms with E-state index < -0.39 is 22.9 Å². The van der Waals surface area contributed by atoms with Gasteiger partial charge < -0.3 is 10.3 Å². The van der Waals surface area contributed by atoms with Crippen molar-refractivity contribution in [1.82, 2.24) is 9.97 Å². The third-order valence-electron chi connectivity index (χ3n) is 3.06. The lowest BCUT2D eigenvalue weighted by Gasteiger charge is -2.14. The molecule has 0 aliphatic rings. The maximum Gasteiger partial charge on any atom is 0.416 e. The number of halogens is 4. The van der Waals surface area contributed by atoms with E-state index in [4.69, 9.17) is 11.6 Å². The van der Waals surface area contributed by atoms with Gasteiger partial charge in [-0.25, -0.2) is 4.98 Å². The van der Waals surface area contributed by atoms with Crippen molar-refractivity contribution in [1.29, 1.82) is 0 Å². The zero-order valence-corrected chi connectivity index (χ0v) is 14.6. The molecule has 1 atom stereocenters. The van der Waals surface area contributed by atoms with Crippen LogP contribution in [0.4, 0.5) is 18.9 Å². The van der Waals surface area contributed by atoms with E-state index in [1.807, 2.05) is 0 Å². The van der Waals surface area contributed by atoms with Crippen LogP contribution >= 0.6 is 23.4 Å². The topological polar surface area (TPSA) is 74.8 Å². The van der Waals surface area contributed by atoms with E-state index in [1.165, 1.54) is 13.0 Å². The normalized spacial score (nSPS) is 12.7. The number of carbonyl (C=O) groups excluding carboxylic acids is 1. The van der Waals surface area contributed by atoms with Gasteiger partial charge in [0.25, 0.3) is 5.56 Å². The molecular weight excluding hydrogens is 379 g/mol. The second-order valence-electron chi connectivity index (χ2n) is 5.13. The highest BCUT2D eigenvalue weighted by molar-refractivity contribution is 8.00. The van der Waals surface area contributed by atoms with Gasteiger partial charge in [-0.2, -0.15) is 13.2 Å². The molecule has 2 aromatic rings. The highest BCUT2D eigenvalue weighted by Gasteiger charge is 2.31. The molecule has 0 saturated carbocycles. The average Bonchev–Trinajstić information content (AvgIpc) is 2.47. The summed E-state index contributed by atoms with van der Waals surface area (Å²) in [6.45, 7) is 3.16. The predicted octanol–water partition coefficient (Wildman–Crippen LogP) is 3.87. The van der Waals surface area contributed by atoms with Crippen molar-refractivity contribution < 1.29 is 18.0 Å². The van der Waals surface area contributed by atoms with Gasteiger partial charge in [0, 0.05) is 11.8 Å². The summed E-state index contributed by atoms with van der Waals surface area (Å²) in [7, 11) is 0. The standard InChI is InChI=1S/C15H13ClF3N3O2S/c1-7-5-12(23)22-14(20-7)25-8(2)13(24)21-11-6-9(15(17,18)19)3-4-10(11)16/h3-6,8H,1-2H3,(H,21,24)(H,20,22,23)/t8-/m0/s1. The van der Waals surface area contributed by atoms with E-state index in [0.717, 1.165) is 30.0 Å². The number of amides is 1. The molecule has 2 N–H and O–H groups in total. The fourth-order valence-electron chi connectivity index (χ4n) is 1.86. The lowest BCUT2D eigenvalue weighted by Crippen LogP contribution is -2.23. The lowest BCUT2D eigenvalue weighted by molar-refractivity contribution is -0.137. The first-order valence-corrected chi connectivity index (χ1v) is 8.24. The van der Waals surface area contributed by atoms with Crippen molar-refractivity contribution in [3.05, 3.63) is 50.9 Å². The Kier molecular flexibility index (Phi) is 5.79. The number of alkyl halides is 3. The van der Waals surface area contributed by atoms with Crippen molar-refractivity contribution in [3.63, 3.8) is 0 Å². The number of aromatic amines is 1. The Balaban J connectivity index is 2.14.